The third-order valence-electron chi connectivity index (χ3n) is 4.21. The fourth-order valence-electron chi connectivity index (χ4n) is 2.53. The molecule has 1 aromatic carbocycles. The third kappa shape index (κ3) is 9.82. The molecule has 1 aromatic rings. The molecule has 0 aliphatic rings. The second-order valence-electron chi connectivity index (χ2n) is 8.17. The van der Waals surface area contributed by atoms with E-state index in [1.165, 1.54) is 0 Å². The fourth-order valence-corrected chi connectivity index (χ4v) is 2.81. The van der Waals surface area contributed by atoms with Gasteiger partial charge in [0, 0.05) is 6.42 Å². The number of hydrogen-bond donors (Lipinski definition) is 3. The SMILES string of the molecule is CC(CCc1cccc(OCC(CCC(N)=O)NC(=O)OC(C)(C)C)c1Cl)C(=O)O. The van der Waals surface area contributed by atoms with Crippen molar-refractivity contribution in [3.63, 3.8) is 0 Å². The molecule has 168 valence electrons. The van der Waals surface area contributed by atoms with Gasteiger partial charge in [-0.1, -0.05) is 30.7 Å². The molecule has 2 amide bonds. The number of ether oxygens (including phenoxy) is 2. The largest absolute Gasteiger partial charge is 0.490 e. The molecule has 9 heteroatoms. The van der Waals surface area contributed by atoms with Gasteiger partial charge in [-0.05, 0) is 51.7 Å². The van der Waals surface area contributed by atoms with Crippen LogP contribution in [0.25, 0.3) is 0 Å². The van der Waals surface area contributed by atoms with E-state index in [1.54, 1.807) is 39.8 Å². The third-order valence-corrected chi connectivity index (χ3v) is 4.64. The van der Waals surface area contributed by atoms with Gasteiger partial charge in [-0.15, -0.1) is 0 Å². The minimum Gasteiger partial charge on any atom is -0.490 e. The van der Waals surface area contributed by atoms with E-state index in [-0.39, 0.29) is 19.4 Å². The number of nitrogens with two attached hydrogens (primary N) is 1. The molecule has 2 unspecified atom stereocenters. The van der Waals surface area contributed by atoms with Crippen molar-refractivity contribution >= 4 is 29.6 Å². The number of carboxylic acid groups (broad SMARTS) is 1. The Morgan fingerprint density at radius 3 is 2.47 bits per heavy atom. The number of aryl methyl sites for hydroxylation is 1. The summed E-state index contributed by atoms with van der Waals surface area (Å²) in [4.78, 5) is 34.2. The molecule has 2 atom stereocenters. The second kappa shape index (κ2) is 11.6. The minimum absolute atomic E-state index is 0.0568. The number of rotatable bonds is 11. The second-order valence-corrected chi connectivity index (χ2v) is 8.54. The first-order valence-electron chi connectivity index (χ1n) is 9.80. The minimum atomic E-state index is -0.857. The number of carbonyl (C=O) groups excluding carboxylic acids is 2. The Kier molecular flexibility index (Phi) is 9.92. The van der Waals surface area contributed by atoms with Crippen LogP contribution >= 0.6 is 11.6 Å². The van der Waals surface area contributed by atoms with Crippen LogP contribution in [0, 0.1) is 5.92 Å². The number of alkyl carbamates (subject to hydrolysis) is 1. The first-order valence-corrected chi connectivity index (χ1v) is 10.2. The summed E-state index contributed by atoms with van der Waals surface area (Å²) in [5, 5.41) is 12.1. The molecule has 8 nitrogen and oxygen atoms in total. The molecule has 0 saturated heterocycles. The first-order chi connectivity index (χ1) is 13.9. The molecule has 4 N–H and O–H groups in total. The lowest BCUT2D eigenvalue weighted by molar-refractivity contribution is -0.141. The van der Waals surface area contributed by atoms with Crippen molar-refractivity contribution in [2.24, 2.45) is 11.7 Å². The molecule has 0 aliphatic heterocycles. The monoisotopic (exact) mass is 442 g/mol. The maximum atomic E-state index is 12.1. The van der Waals surface area contributed by atoms with E-state index in [0.717, 1.165) is 5.56 Å². The van der Waals surface area contributed by atoms with Crippen LogP contribution in [-0.4, -0.2) is 41.3 Å². The molecule has 0 aromatic heterocycles. The highest BCUT2D eigenvalue weighted by atomic mass is 35.5. The lowest BCUT2D eigenvalue weighted by atomic mass is 10.0. The van der Waals surface area contributed by atoms with Crippen LogP contribution in [0.4, 0.5) is 4.79 Å². The van der Waals surface area contributed by atoms with Crippen molar-refractivity contribution in [1.82, 2.24) is 5.32 Å². The molecule has 0 aliphatic carbocycles. The standard InChI is InChI=1S/C21H31ClN2O6/c1-13(19(26)27)8-9-14-6-5-7-16(18(14)22)29-12-15(10-11-17(23)25)24-20(28)30-21(2,3)4/h5-7,13,15H,8-12H2,1-4H3,(H2,23,25)(H,24,28)(H,26,27). The average molecular weight is 443 g/mol. The predicted molar refractivity (Wildman–Crippen MR) is 114 cm³/mol. The summed E-state index contributed by atoms with van der Waals surface area (Å²) in [5.41, 5.74) is 5.33. The summed E-state index contributed by atoms with van der Waals surface area (Å²) >= 11 is 6.42. The van der Waals surface area contributed by atoms with E-state index in [4.69, 9.17) is 31.9 Å². The molecule has 1 rings (SSSR count). The number of benzene rings is 1. The van der Waals surface area contributed by atoms with Crippen LogP contribution in [0.5, 0.6) is 5.75 Å². The van der Waals surface area contributed by atoms with E-state index < -0.39 is 35.5 Å². The predicted octanol–water partition coefficient (Wildman–Crippen LogP) is 3.53. The van der Waals surface area contributed by atoms with Crippen molar-refractivity contribution in [2.75, 3.05) is 6.61 Å². The number of hydrogen-bond acceptors (Lipinski definition) is 5. The first kappa shape index (κ1) is 25.6. The van der Waals surface area contributed by atoms with Gasteiger partial charge in [0.2, 0.25) is 5.91 Å². The molecule has 0 heterocycles. The normalized spacial score (nSPS) is 13.2. The highest BCUT2D eigenvalue weighted by Crippen LogP contribution is 2.30. The topological polar surface area (TPSA) is 128 Å². The number of amides is 2. The number of carbonyl (C=O) groups is 3. The summed E-state index contributed by atoms with van der Waals surface area (Å²) in [5.74, 6) is -1.42. The number of primary amides is 1. The highest BCUT2D eigenvalue weighted by molar-refractivity contribution is 6.32. The van der Waals surface area contributed by atoms with Gasteiger partial charge in [-0.25, -0.2) is 4.79 Å². The lowest BCUT2D eigenvalue weighted by Gasteiger charge is -2.24. The van der Waals surface area contributed by atoms with Gasteiger partial charge in [0.25, 0.3) is 0 Å². The van der Waals surface area contributed by atoms with Crippen LogP contribution in [0.3, 0.4) is 0 Å². The quantitative estimate of drug-likeness (QED) is 0.481. The highest BCUT2D eigenvalue weighted by Gasteiger charge is 2.21. The molecule has 0 spiro atoms. The Bertz CT molecular complexity index is 748. The van der Waals surface area contributed by atoms with E-state index in [1.807, 2.05) is 6.07 Å². The van der Waals surface area contributed by atoms with Crippen molar-refractivity contribution in [2.45, 2.75) is 65.0 Å². The van der Waals surface area contributed by atoms with Gasteiger partial charge in [0.05, 0.1) is 17.0 Å². The van der Waals surface area contributed by atoms with Gasteiger partial charge in [-0.3, -0.25) is 9.59 Å². The average Bonchev–Trinajstić information content (AvgIpc) is 2.61. The summed E-state index contributed by atoms with van der Waals surface area (Å²) in [6.45, 7) is 6.94. The molecule has 30 heavy (non-hydrogen) atoms. The lowest BCUT2D eigenvalue weighted by Crippen LogP contribution is -2.42. The van der Waals surface area contributed by atoms with Crippen LogP contribution in [0.15, 0.2) is 18.2 Å². The van der Waals surface area contributed by atoms with Crippen molar-refractivity contribution in [1.29, 1.82) is 0 Å². The van der Waals surface area contributed by atoms with Gasteiger partial charge in [0.1, 0.15) is 18.0 Å². The molecule has 0 bridgehead atoms. The molecule has 0 radical (unpaired) electrons. The van der Waals surface area contributed by atoms with Crippen LogP contribution < -0.4 is 15.8 Å². The van der Waals surface area contributed by atoms with Gasteiger partial charge < -0.3 is 25.6 Å². The molecule has 0 fully saturated rings. The Labute approximate surface area is 182 Å². The summed E-state index contributed by atoms with van der Waals surface area (Å²) in [7, 11) is 0. The maximum Gasteiger partial charge on any atom is 0.407 e. The Balaban J connectivity index is 2.79. The van der Waals surface area contributed by atoms with Crippen LogP contribution in [0.1, 0.15) is 52.5 Å². The Morgan fingerprint density at radius 1 is 1.23 bits per heavy atom. The summed E-state index contributed by atoms with van der Waals surface area (Å²) in [6, 6.07) is 4.75. The number of carboxylic acids is 1. The van der Waals surface area contributed by atoms with Crippen molar-refractivity contribution < 1.29 is 29.0 Å². The van der Waals surface area contributed by atoms with Crippen LogP contribution in [-0.2, 0) is 20.7 Å². The Hall–Kier alpha value is -2.48. The van der Waals surface area contributed by atoms with Crippen molar-refractivity contribution in [3.05, 3.63) is 28.8 Å². The van der Waals surface area contributed by atoms with Gasteiger partial charge >= 0.3 is 12.1 Å². The van der Waals surface area contributed by atoms with E-state index in [0.29, 0.717) is 23.6 Å². The summed E-state index contributed by atoms with van der Waals surface area (Å²) in [6.07, 6.45) is 0.667. The fraction of sp³-hybridized carbons (Fsp3) is 0.571. The zero-order valence-electron chi connectivity index (χ0n) is 17.9. The Morgan fingerprint density at radius 2 is 1.90 bits per heavy atom. The molecular weight excluding hydrogens is 412 g/mol. The number of aliphatic carboxylic acids is 1. The van der Waals surface area contributed by atoms with E-state index in [2.05, 4.69) is 5.32 Å². The molecular formula is C21H31ClN2O6. The van der Waals surface area contributed by atoms with E-state index in [9.17, 15) is 14.4 Å². The van der Waals surface area contributed by atoms with Crippen molar-refractivity contribution in [3.8, 4) is 5.75 Å². The number of nitrogens with one attached hydrogen (secondary N) is 1. The van der Waals surface area contributed by atoms with Gasteiger partial charge in [-0.2, -0.15) is 0 Å². The maximum absolute atomic E-state index is 12.1. The zero-order chi connectivity index (χ0) is 22.9. The smallest absolute Gasteiger partial charge is 0.407 e. The van der Waals surface area contributed by atoms with Crippen LogP contribution in [0.2, 0.25) is 5.02 Å². The number of halogens is 1. The molecule has 0 saturated carbocycles. The summed E-state index contributed by atoms with van der Waals surface area (Å²) < 4.78 is 11.0. The zero-order valence-corrected chi connectivity index (χ0v) is 18.6. The van der Waals surface area contributed by atoms with E-state index >= 15 is 0 Å². The van der Waals surface area contributed by atoms with Gasteiger partial charge in [0.15, 0.2) is 0 Å².